The highest BCUT2D eigenvalue weighted by atomic mass is 32.1. The molecular formula is C12H9FN2OS. The molecule has 0 saturated carbocycles. The fourth-order valence-electron chi connectivity index (χ4n) is 1.21. The highest BCUT2D eigenvalue weighted by Gasteiger charge is 2.04. The minimum atomic E-state index is -0.445. The van der Waals surface area contributed by atoms with Crippen molar-refractivity contribution in [2.24, 2.45) is 5.10 Å². The maximum atomic E-state index is 12.9. The molecule has 0 aliphatic rings. The first-order valence-electron chi connectivity index (χ1n) is 4.88. The number of nitrogens with zero attached hydrogens (tertiary/aromatic N) is 1. The van der Waals surface area contributed by atoms with E-state index in [0.29, 0.717) is 0 Å². The number of carbonyl (C=O) groups is 1. The molecular weight excluding hydrogens is 239 g/mol. The molecule has 5 heteroatoms. The normalized spacial score (nSPS) is 10.6. The molecule has 1 heterocycles. The Labute approximate surface area is 102 Å². The highest BCUT2D eigenvalue weighted by molar-refractivity contribution is 7.11. The molecule has 0 bridgehead atoms. The lowest BCUT2D eigenvalue weighted by Crippen LogP contribution is -2.17. The van der Waals surface area contributed by atoms with E-state index in [1.165, 1.54) is 29.5 Å². The van der Waals surface area contributed by atoms with Crippen LogP contribution in [-0.4, -0.2) is 12.1 Å². The van der Waals surface area contributed by atoms with Crippen LogP contribution in [0.15, 0.2) is 46.9 Å². The van der Waals surface area contributed by atoms with Gasteiger partial charge < -0.3 is 0 Å². The van der Waals surface area contributed by atoms with Gasteiger partial charge in [-0.2, -0.15) is 5.10 Å². The molecule has 3 nitrogen and oxygen atoms in total. The van der Waals surface area contributed by atoms with E-state index in [9.17, 15) is 9.18 Å². The van der Waals surface area contributed by atoms with E-state index in [0.717, 1.165) is 10.9 Å². The van der Waals surface area contributed by atoms with Gasteiger partial charge in [-0.05, 0) is 29.6 Å². The zero-order chi connectivity index (χ0) is 12.1. The number of carbonyl (C=O) groups excluding carboxylic acids is 1. The largest absolute Gasteiger partial charge is 0.271 e. The molecule has 1 amide bonds. The molecule has 0 saturated heterocycles. The molecule has 0 atom stereocenters. The van der Waals surface area contributed by atoms with Gasteiger partial charge in [0, 0.05) is 10.4 Å². The summed E-state index contributed by atoms with van der Waals surface area (Å²) < 4.78 is 12.9. The van der Waals surface area contributed by atoms with Gasteiger partial charge >= 0.3 is 0 Å². The van der Waals surface area contributed by atoms with Crippen LogP contribution in [0, 0.1) is 5.82 Å². The van der Waals surface area contributed by atoms with Crippen molar-refractivity contribution in [1.29, 1.82) is 0 Å². The predicted octanol–water partition coefficient (Wildman–Crippen LogP) is 2.65. The molecule has 0 fully saturated rings. The van der Waals surface area contributed by atoms with E-state index < -0.39 is 11.7 Å². The summed E-state index contributed by atoms with van der Waals surface area (Å²) in [6, 6.07) is 9.22. The third-order valence-electron chi connectivity index (χ3n) is 1.99. The second-order valence-corrected chi connectivity index (χ2v) is 4.20. The summed E-state index contributed by atoms with van der Waals surface area (Å²) in [5, 5.41) is 5.70. The minimum Gasteiger partial charge on any atom is -0.267 e. The maximum Gasteiger partial charge on any atom is 0.271 e. The van der Waals surface area contributed by atoms with Crippen LogP contribution in [-0.2, 0) is 0 Å². The van der Waals surface area contributed by atoms with Gasteiger partial charge in [-0.25, -0.2) is 9.82 Å². The summed E-state index contributed by atoms with van der Waals surface area (Å²) in [5.41, 5.74) is 2.58. The average molecular weight is 248 g/mol. The lowest BCUT2D eigenvalue weighted by atomic mass is 10.2. The van der Waals surface area contributed by atoms with Crippen molar-refractivity contribution in [1.82, 2.24) is 5.43 Å². The topological polar surface area (TPSA) is 41.5 Å². The van der Waals surface area contributed by atoms with E-state index in [-0.39, 0.29) is 5.56 Å². The zero-order valence-electron chi connectivity index (χ0n) is 8.76. The standard InChI is InChI=1S/C12H9FN2OS/c13-10-4-1-3-9(7-10)12(16)15-14-8-11-5-2-6-17-11/h1-8H,(H,15,16). The Morgan fingerprint density at radius 1 is 1.35 bits per heavy atom. The van der Waals surface area contributed by atoms with Gasteiger partial charge in [-0.15, -0.1) is 11.3 Å². The number of halogens is 1. The van der Waals surface area contributed by atoms with Crippen molar-refractivity contribution in [2.45, 2.75) is 0 Å². The zero-order valence-corrected chi connectivity index (χ0v) is 9.58. The summed E-state index contributed by atoms with van der Waals surface area (Å²) in [6.07, 6.45) is 1.54. The maximum absolute atomic E-state index is 12.9. The van der Waals surface area contributed by atoms with Crippen LogP contribution in [0.2, 0.25) is 0 Å². The highest BCUT2D eigenvalue weighted by Crippen LogP contribution is 2.05. The molecule has 0 unspecified atom stereocenters. The smallest absolute Gasteiger partial charge is 0.267 e. The second-order valence-electron chi connectivity index (χ2n) is 3.22. The van der Waals surface area contributed by atoms with Crippen molar-refractivity contribution in [2.75, 3.05) is 0 Å². The summed E-state index contributed by atoms with van der Waals surface area (Å²) in [4.78, 5) is 12.5. The Balaban J connectivity index is 1.98. The number of rotatable bonds is 3. The molecule has 0 radical (unpaired) electrons. The molecule has 0 aliphatic carbocycles. The van der Waals surface area contributed by atoms with Crippen molar-refractivity contribution in [3.8, 4) is 0 Å². The van der Waals surface area contributed by atoms with Gasteiger partial charge in [0.2, 0.25) is 0 Å². The molecule has 2 rings (SSSR count). The van der Waals surface area contributed by atoms with E-state index >= 15 is 0 Å². The Hall–Kier alpha value is -2.01. The number of hydrogen-bond acceptors (Lipinski definition) is 3. The lowest BCUT2D eigenvalue weighted by molar-refractivity contribution is 0.0954. The van der Waals surface area contributed by atoms with Crippen molar-refractivity contribution in [3.63, 3.8) is 0 Å². The van der Waals surface area contributed by atoms with Gasteiger partial charge in [0.15, 0.2) is 0 Å². The van der Waals surface area contributed by atoms with Crippen LogP contribution < -0.4 is 5.43 Å². The number of hydrogen-bond donors (Lipinski definition) is 1. The van der Waals surface area contributed by atoms with Crippen LogP contribution in [0.3, 0.4) is 0 Å². The Morgan fingerprint density at radius 2 is 2.24 bits per heavy atom. The number of amides is 1. The van der Waals surface area contributed by atoms with Gasteiger partial charge in [-0.1, -0.05) is 12.1 Å². The number of nitrogens with one attached hydrogen (secondary N) is 1. The molecule has 1 aromatic carbocycles. The van der Waals surface area contributed by atoms with Crippen molar-refractivity contribution < 1.29 is 9.18 Å². The summed E-state index contributed by atoms with van der Waals surface area (Å²) in [7, 11) is 0. The Kier molecular flexibility index (Phi) is 3.62. The summed E-state index contributed by atoms with van der Waals surface area (Å²) >= 11 is 1.51. The van der Waals surface area contributed by atoms with Gasteiger partial charge in [0.1, 0.15) is 5.82 Å². The van der Waals surface area contributed by atoms with Crippen LogP contribution in [0.1, 0.15) is 15.2 Å². The lowest BCUT2D eigenvalue weighted by Gasteiger charge is -1.98. The molecule has 2 aromatic rings. The predicted molar refractivity (Wildman–Crippen MR) is 65.8 cm³/mol. The number of benzene rings is 1. The summed E-state index contributed by atoms with van der Waals surface area (Å²) in [5.74, 6) is -0.878. The third-order valence-corrected chi connectivity index (χ3v) is 2.79. The fraction of sp³-hybridized carbons (Fsp3) is 0. The van der Waals surface area contributed by atoms with Crippen molar-refractivity contribution >= 4 is 23.5 Å². The van der Waals surface area contributed by atoms with Gasteiger partial charge in [0.05, 0.1) is 6.21 Å². The van der Waals surface area contributed by atoms with Gasteiger partial charge in [0.25, 0.3) is 5.91 Å². The monoisotopic (exact) mass is 248 g/mol. The van der Waals surface area contributed by atoms with E-state index in [2.05, 4.69) is 10.5 Å². The van der Waals surface area contributed by atoms with Crippen molar-refractivity contribution in [3.05, 3.63) is 58.0 Å². The Bertz CT molecular complexity index is 537. The molecule has 86 valence electrons. The molecule has 0 spiro atoms. The van der Waals surface area contributed by atoms with Gasteiger partial charge in [-0.3, -0.25) is 4.79 Å². The number of hydrazone groups is 1. The quantitative estimate of drug-likeness (QED) is 0.658. The summed E-state index contributed by atoms with van der Waals surface area (Å²) in [6.45, 7) is 0. The molecule has 1 aromatic heterocycles. The van der Waals surface area contributed by atoms with Crippen LogP contribution in [0.5, 0.6) is 0 Å². The second kappa shape index (κ2) is 5.36. The first-order chi connectivity index (χ1) is 8.25. The molecule has 0 aliphatic heterocycles. The fourth-order valence-corrected chi connectivity index (χ4v) is 1.80. The average Bonchev–Trinajstić information content (AvgIpc) is 2.82. The third kappa shape index (κ3) is 3.22. The van der Waals surface area contributed by atoms with E-state index in [1.807, 2.05) is 17.5 Å². The molecule has 17 heavy (non-hydrogen) atoms. The van der Waals surface area contributed by atoms with E-state index in [1.54, 1.807) is 6.21 Å². The van der Waals surface area contributed by atoms with Crippen LogP contribution >= 0.6 is 11.3 Å². The minimum absolute atomic E-state index is 0.244. The molecule has 1 N–H and O–H groups in total. The van der Waals surface area contributed by atoms with Crippen LogP contribution in [0.4, 0.5) is 4.39 Å². The Morgan fingerprint density at radius 3 is 2.94 bits per heavy atom. The van der Waals surface area contributed by atoms with Crippen LogP contribution in [0.25, 0.3) is 0 Å². The first kappa shape index (κ1) is 11.5. The van der Waals surface area contributed by atoms with E-state index in [4.69, 9.17) is 0 Å². The SMILES string of the molecule is O=C(NN=Cc1cccs1)c1cccc(F)c1. The number of thiophene rings is 1. The first-order valence-corrected chi connectivity index (χ1v) is 5.76.